The summed E-state index contributed by atoms with van der Waals surface area (Å²) in [5.41, 5.74) is 0.968. The van der Waals surface area contributed by atoms with Crippen LogP contribution in [0.5, 0.6) is 0 Å². The molecule has 0 atom stereocenters. The van der Waals surface area contributed by atoms with Crippen LogP contribution >= 0.6 is 27.3 Å². The van der Waals surface area contributed by atoms with Gasteiger partial charge in [0.15, 0.2) is 0 Å². The predicted molar refractivity (Wildman–Crippen MR) is 89.5 cm³/mol. The standard InChI is InChI=1S/C16H12BrFN2OS/c1-20(16(21)11-8-10(17)6-7-12(11)18)9-15-19-13-4-2-3-5-14(13)22-15/h2-8H,9H2,1H3. The van der Waals surface area contributed by atoms with Crippen molar-refractivity contribution >= 4 is 43.4 Å². The highest BCUT2D eigenvalue weighted by molar-refractivity contribution is 9.10. The molecule has 6 heteroatoms. The van der Waals surface area contributed by atoms with E-state index in [1.807, 2.05) is 24.3 Å². The molecule has 3 nitrogen and oxygen atoms in total. The van der Waals surface area contributed by atoms with Crippen molar-refractivity contribution in [3.05, 3.63) is 63.3 Å². The number of carbonyl (C=O) groups excluding carboxylic acids is 1. The van der Waals surface area contributed by atoms with Gasteiger partial charge in [0.05, 0.1) is 22.3 Å². The summed E-state index contributed by atoms with van der Waals surface area (Å²) in [5, 5.41) is 0.826. The summed E-state index contributed by atoms with van der Waals surface area (Å²) in [5.74, 6) is -0.887. The van der Waals surface area contributed by atoms with Crippen molar-refractivity contribution in [1.82, 2.24) is 9.88 Å². The number of nitrogens with zero attached hydrogens (tertiary/aromatic N) is 2. The number of thiazole rings is 1. The van der Waals surface area contributed by atoms with E-state index in [0.717, 1.165) is 15.2 Å². The number of hydrogen-bond acceptors (Lipinski definition) is 3. The Hall–Kier alpha value is -1.79. The topological polar surface area (TPSA) is 33.2 Å². The fourth-order valence-electron chi connectivity index (χ4n) is 2.13. The Balaban J connectivity index is 1.82. The largest absolute Gasteiger partial charge is 0.335 e. The van der Waals surface area contributed by atoms with Gasteiger partial charge < -0.3 is 4.90 Å². The minimum atomic E-state index is -0.524. The molecular formula is C16H12BrFN2OS. The molecule has 1 aromatic heterocycles. The van der Waals surface area contributed by atoms with Gasteiger partial charge in [-0.1, -0.05) is 28.1 Å². The molecule has 0 fully saturated rings. The molecule has 3 aromatic rings. The monoisotopic (exact) mass is 378 g/mol. The van der Waals surface area contributed by atoms with Crippen LogP contribution < -0.4 is 0 Å². The number of halogens is 2. The van der Waals surface area contributed by atoms with E-state index in [-0.39, 0.29) is 11.5 Å². The summed E-state index contributed by atoms with van der Waals surface area (Å²) >= 11 is 4.79. The summed E-state index contributed by atoms with van der Waals surface area (Å²) in [6.07, 6.45) is 0. The second kappa shape index (κ2) is 6.14. The van der Waals surface area contributed by atoms with Gasteiger partial charge in [0.1, 0.15) is 10.8 Å². The van der Waals surface area contributed by atoms with Gasteiger partial charge in [-0.05, 0) is 30.3 Å². The van der Waals surface area contributed by atoms with Gasteiger partial charge in [-0.15, -0.1) is 11.3 Å². The van der Waals surface area contributed by atoms with Crippen LogP contribution in [-0.4, -0.2) is 22.8 Å². The molecule has 2 aromatic carbocycles. The third kappa shape index (κ3) is 3.03. The van der Waals surface area contributed by atoms with Gasteiger partial charge in [0, 0.05) is 11.5 Å². The highest BCUT2D eigenvalue weighted by Gasteiger charge is 2.18. The third-order valence-corrected chi connectivity index (χ3v) is 4.73. The molecule has 0 saturated heterocycles. The van der Waals surface area contributed by atoms with Crippen LogP contribution in [0.1, 0.15) is 15.4 Å². The molecule has 3 rings (SSSR count). The number of aromatic nitrogens is 1. The second-order valence-electron chi connectivity index (χ2n) is 4.86. The summed E-state index contributed by atoms with van der Waals surface area (Å²) in [4.78, 5) is 18.3. The molecule has 0 N–H and O–H groups in total. The first-order valence-corrected chi connectivity index (χ1v) is 8.20. The first-order valence-electron chi connectivity index (χ1n) is 6.59. The highest BCUT2D eigenvalue weighted by atomic mass is 79.9. The van der Waals surface area contributed by atoms with E-state index < -0.39 is 5.82 Å². The zero-order valence-corrected chi connectivity index (χ0v) is 14.1. The normalized spacial score (nSPS) is 10.9. The van der Waals surface area contributed by atoms with Crippen molar-refractivity contribution in [2.45, 2.75) is 6.54 Å². The third-order valence-electron chi connectivity index (χ3n) is 3.22. The average Bonchev–Trinajstić information content (AvgIpc) is 2.91. The Labute approximate surface area is 139 Å². The summed E-state index contributed by atoms with van der Waals surface area (Å²) < 4.78 is 15.6. The number of amides is 1. The lowest BCUT2D eigenvalue weighted by atomic mass is 10.2. The Bertz CT molecular complexity index is 816. The molecule has 112 valence electrons. The lowest BCUT2D eigenvalue weighted by Gasteiger charge is -2.16. The van der Waals surface area contributed by atoms with Crippen molar-refractivity contribution < 1.29 is 9.18 Å². The Morgan fingerprint density at radius 3 is 2.86 bits per heavy atom. The van der Waals surface area contributed by atoms with E-state index in [1.165, 1.54) is 28.4 Å². The van der Waals surface area contributed by atoms with Gasteiger partial charge in [-0.2, -0.15) is 0 Å². The lowest BCUT2D eigenvalue weighted by molar-refractivity contribution is 0.0780. The minimum Gasteiger partial charge on any atom is -0.335 e. The molecule has 0 spiro atoms. The van der Waals surface area contributed by atoms with Gasteiger partial charge in [-0.3, -0.25) is 4.79 Å². The Morgan fingerprint density at radius 1 is 1.32 bits per heavy atom. The zero-order chi connectivity index (χ0) is 15.7. The van der Waals surface area contributed by atoms with Crippen LogP contribution in [0.15, 0.2) is 46.9 Å². The van der Waals surface area contributed by atoms with E-state index in [0.29, 0.717) is 11.0 Å². The fraction of sp³-hybridized carbons (Fsp3) is 0.125. The van der Waals surface area contributed by atoms with Gasteiger partial charge >= 0.3 is 0 Å². The Morgan fingerprint density at radius 2 is 2.09 bits per heavy atom. The molecule has 0 aliphatic carbocycles. The average molecular weight is 379 g/mol. The van der Waals surface area contributed by atoms with Crippen LogP contribution in [0.4, 0.5) is 4.39 Å². The summed E-state index contributed by atoms with van der Waals surface area (Å²) in [6.45, 7) is 0.351. The summed E-state index contributed by atoms with van der Waals surface area (Å²) in [7, 11) is 1.65. The van der Waals surface area contributed by atoms with E-state index in [1.54, 1.807) is 13.1 Å². The van der Waals surface area contributed by atoms with Crippen LogP contribution in [0.2, 0.25) is 0 Å². The molecule has 1 heterocycles. The number of hydrogen-bond donors (Lipinski definition) is 0. The van der Waals surface area contributed by atoms with Gasteiger partial charge in [-0.25, -0.2) is 9.37 Å². The van der Waals surface area contributed by atoms with Crippen molar-refractivity contribution in [1.29, 1.82) is 0 Å². The molecule has 0 unspecified atom stereocenters. The zero-order valence-electron chi connectivity index (χ0n) is 11.7. The Kier molecular flexibility index (Phi) is 4.22. The molecule has 0 saturated carbocycles. The predicted octanol–water partition coefficient (Wildman–Crippen LogP) is 4.47. The van der Waals surface area contributed by atoms with E-state index in [9.17, 15) is 9.18 Å². The molecule has 0 aliphatic heterocycles. The smallest absolute Gasteiger partial charge is 0.256 e. The van der Waals surface area contributed by atoms with Crippen molar-refractivity contribution in [3.63, 3.8) is 0 Å². The van der Waals surface area contributed by atoms with E-state index in [4.69, 9.17) is 0 Å². The van der Waals surface area contributed by atoms with Gasteiger partial charge in [0.25, 0.3) is 5.91 Å². The molecule has 22 heavy (non-hydrogen) atoms. The van der Waals surface area contributed by atoms with Crippen LogP contribution in [0, 0.1) is 5.82 Å². The van der Waals surface area contributed by atoms with Crippen molar-refractivity contribution in [2.24, 2.45) is 0 Å². The SMILES string of the molecule is CN(Cc1nc2ccccc2s1)C(=O)c1cc(Br)ccc1F. The molecular weight excluding hydrogens is 367 g/mol. The maximum atomic E-state index is 13.8. The first-order chi connectivity index (χ1) is 10.5. The van der Waals surface area contributed by atoms with Gasteiger partial charge in [0.2, 0.25) is 0 Å². The number of benzene rings is 2. The first kappa shape index (κ1) is 15.1. The fourth-order valence-corrected chi connectivity index (χ4v) is 3.51. The quantitative estimate of drug-likeness (QED) is 0.673. The maximum absolute atomic E-state index is 13.8. The van der Waals surface area contributed by atoms with E-state index in [2.05, 4.69) is 20.9 Å². The van der Waals surface area contributed by atoms with Crippen LogP contribution in [-0.2, 0) is 6.54 Å². The number of carbonyl (C=O) groups is 1. The maximum Gasteiger partial charge on any atom is 0.256 e. The lowest BCUT2D eigenvalue weighted by Crippen LogP contribution is -2.27. The molecule has 0 aliphatic rings. The highest BCUT2D eigenvalue weighted by Crippen LogP contribution is 2.23. The number of para-hydroxylation sites is 1. The van der Waals surface area contributed by atoms with Crippen LogP contribution in [0.3, 0.4) is 0 Å². The second-order valence-corrected chi connectivity index (χ2v) is 6.89. The number of rotatable bonds is 3. The molecule has 0 radical (unpaired) electrons. The summed E-state index contributed by atoms with van der Waals surface area (Å²) in [6, 6.07) is 12.2. The van der Waals surface area contributed by atoms with Crippen LogP contribution in [0.25, 0.3) is 10.2 Å². The minimum absolute atomic E-state index is 0.0537. The number of fused-ring (bicyclic) bond motifs is 1. The van der Waals surface area contributed by atoms with E-state index >= 15 is 0 Å². The van der Waals surface area contributed by atoms with Crippen molar-refractivity contribution in [2.75, 3.05) is 7.05 Å². The molecule has 0 bridgehead atoms. The molecule has 1 amide bonds. The van der Waals surface area contributed by atoms with Crippen molar-refractivity contribution in [3.8, 4) is 0 Å².